The number of benzene rings is 1. The van der Waals surface area contributed by atoms with Crippen molar-refractivity contribution in [1.29, 1.82) is 0 Å². The highest BCUT2D eigenvalue weighted by molar-refractivity contribution is 6.30. The number of halogens is 1. The van der Waals surface area contributed by atoms with Crippen molar-refractivity contribution < 1.29 is 4.42 Å². The summed E-state index contributed by atoms with van der Waals surface area (Å²) in [5, 5.41) is 4.88. The fraction of sp³-hybridized carbons (Fsp3) is 0.0625. The van der Waals surface area contributed by atoms with Crippen LogP contribution in [0.5, 0.6) is 0 Å². The summed E-state index contributed by atoms with van der Waals surface area (Å²) in [5.74, 6) is 0.458. The smallest absolute Gasteiger partial charge is 0.350 e. The number of pyridine rings is 1. The van der Waals surface area contributed by atoms with Gasteiger partial charge in [0.15, 0.2) is 5.65 Å². The van der Waals surface area contributed by atoms with E-state index in [2.05, 4.69) is 10.1 Å². The fourth-order valence-corrected chi connectivity index (χ4v) is 2.55. The van der Waals surface area contributed by atoms with Gasteiger partial charge in [0.2, 0.25) is 5.89 Å². The Morgan fingerprint density at radius 3 is 2.91 bits per heavy atom. The highest BCUT2D eigenvalue weighted by atomic mass is 35.5. The van der Waals surface area contributed by atoms with E-state index in [4.69, 9.17) is 16.0 Å². The van der Waals surface area contributed by atoms with Crippen LogP contribution >= 0.6 is 11.6 Å². The molecular formula is C16H11ClN4O2. The molecular weight excluding hydrogens is 316 g/mol. The molecule has 0 spiro atoms. The van der Waals surface area contributed by atoms with E-state index in [1.807, 2.05) is 18.2 Å². The van der Waals surface area contributed by atoms with Gasteiger partial charge in [-0.3, -0.25) is 4.40 Å². The van der Waals surface area contributed by atoms with Crippen LogP contribution in [0.4, 0.5) is 0 Å². The van der Waals surface area contributed by atoms with Gasteiger partial charge in [0, 0.05) is 16.8 Å². The number of rotatable bonds is 3. The lowest BCUT2D eigenvalue weighted by atomic mass is 10.2. The summed E-state index contributed by atoms with van der Waals surface area (Å²) in [6.07, 6.45) is 3.20. The van der Waals surface area contributed by atoms with Gasteiger partial charge >= 0.3 is 5.69 Å². The number of hydrogen-bond acceptors (Lipinski definition) is 4. The van der Waals surface area contributed by atoms with E-state index in [1.54, 1.807) is 30.5 Å². The SMILES string of the molecule is O=c1n(Cc2coc(-c3cccc(Cl)c3)n2)nc2ccccn12. The summed E-state index contributed by atoms with van der Waals surface area (Å²) in [4.78, 5) is 16.6. The fourth-order valence-electron chi connectivity index (χ4n) is 2.36. The Hall–Kier alpha value is -2.86. The highest BCUT2D eigenvalue weighted by Gasteiger charge is 2.11. The van der Waals surface area contributed by atoms with Crippen LogP contribution in [0, 0.1) is 0 Å². The number of nitrogens with zero attached hydrogens (tertiary/aromatic N) is 4. The van der Waals surface area contributed by atoms with Crippen LogP contribution < -0.4 is 5.69 Å². The van der Waals surface area contributed by atoms with Crippen molar-refractivity contribution in [3.8, 4) is 11.5 Å². The first-order valence-corrected chi connectivity index (χ1v) is 7.33. The minimum Gasteiger partial charge on any atom is -0.444 e. The Bertz CT molecular complexity index is 1050. The number of oxazole rings is 1. The molecule has 0 bridgehead atoms. The first-order chi connectivity index (χ1) is 11.2. The Morgan fingerprint density at radius 2 is 2.09 bits per heavy atom. The van der Waals surface area contributed by atoms with Gasteiger partial charge in [-0.05, 0) is 30.3 Å². The van der Waals surface area contributed by atoms with E-state index in [-0.39, 0.29) is 12.2 Å². The van der Waals surface area contributed by atoms with Crippen molar-refractivity contribution in [2.75, 3.05) is 0 Å². The lowest BCUT2D eigenvalue weighted by molar-refractivity contribution is 0.568. The van der Waals surface area contributed by atoms with Crippen molar-refractivity contribution >= 4 is 17.2 Å². The van der Waals surface area contributed by atoms with Crippen LogP contribution in [0.3, 0.4) is 0 Å². The summed E-state index contributed by atoms with van der Waals surface area (Å²) >= 11 is 5.97. The van der Waals surface area contributed by atoms with E-state index < -0.39 is 0 Å². The molecule has 0 fully saturated rings. The van der Waals surface area contributed by atoms with Crippen LogP contribution in [-0.2, 0) is 6.54 Å². The quantitative estimate of drug-likeness (QED) is 0.580. The molecule has 0 aliphatic rings. The molecule has 1 aromatic carbocycles. The second kappa shape index (κ2) is 5.40. The third-order valence-electron chi connectivity index (χ3n) is 3.42. The first kappa shape index (κ1) is 13.8. The van der Waals surface area contributed by atoms with Gasteiger partial charge in [-0.1, -0.05) is 23.7 Å². The third kappa shape index (κ3) is 2.53. The Kier molecular flexibility index (Phi) is 3.24. The number of fused-ring (bicyclic) bond motifs is 1. The number of aromatic nitrogens is 4. The zero-order valence-electron chi connectivity index (χ0n) is 11.9. The largest absolute Gasteiger partial charge is 0.444 e. The summed E-state index contributed by atoms with van der Waals surface area (Å²) < 4.78 is 8.31. The van der Waals surface area contributed by atoms with Crippen molar-refractivity contribution in [2.24, 2.45) is 0 Å². The van der Waals surface area contributed by atoms with Gasteiger partial charge < -0.3 is 4.42 Å². The Balaban J connectivity index is 1.67. The first-order valence-electron chi connectivity index (χ1n) is 6.95. The van der Waals surface area contributed by atoms with Gasteiger partial charge in [0.1, 0.15) is 12.0 Å². The van der Waals surface area contributed by atoms with Crippen LogP contribution in [0.25, 0.3) is 17.1 Å². The molecule has 3 aromatic heterocycles. The molecule has 0 N–H and O–H groups in total. The molecule has 0 aliphatic carbocycles. The predicted octanol–water partition coefficient (Wildman–Crippen LogP) is 2.85. The molecule has 4 aromatic rings. The van der Waals surface area contributed by atoms with E-state index in [1.165, 1.54) is 15.3 Å². The van der Waals surface area contributed by atoms with Crippen LogP contribution in [0.15, 0.2) is 64.1 Å². The minimum atomic E-state index is -0.215. The Morgan fingerprint density at radius 1 is 1.17 bits per heavy atom. The minimum absolute atomic E-state index is 0.215. The van der Waals surface area contributed by atoms with E-state index in [9.17, 15) is 4.79 Å². The molecule has 0 aliphatic heterocycles. The van der Waals surface area contributed by atoms with Crippen molar-refractivity contribution in [3.63, 3.8) is 0 Å². The summed E-state index contributed by atoms with van der Waals surface area (Å²) in [5.41, 5.74) is 1.78. The standard InChI is InChI=1S/C16H11ClN4O2/c17-12-5-3-4-11(8-12)15-18-13(10-23-15)9-21-16(22)20-7-2-1-6-14(20)19-21/h1-8,10H,9H2. The lowest BCUT2D eigenvalue weighted by Gasteiger charge is -1.95. The summed E-state index contributed by atoms with van der Waals surface area (Å²) in [6, 6.07) is 12.6. The van der Waals surface area contributed by atoms with E-state index >= 15 is 0 Å². The molecule has 0 unspecified atom stereocenters. The maximum Gasteiger partial charge on any atom is 0.350 e. The van der Waals surface area contributed by atoms with E-state index in [0.717, 1.165) is 5.56 Å². The van der Waals surface area contributed by atoms with Crippen molar-refractivity contribution in [1.82, 2.24) is 19.2 Å². The third-order valence-corrected chi connectivity index (χ3v) is 3.66. The maximum atomic E-state index is 12.2. The molecule has 0 saturated carbocycles. The zero-order valence-corrected chi connectivity index (χ0v) is 12.6. The molecule has 23 heavy (non-hydrogen) atoms. The Labute approximate surface area is 135 Å². The molecule has 4 rings (SSSR count). The molecule has 0 radical (unpaired) electrons. The molecule has 114 valence electrons. The summed E-state index contributed by atoms with van der Waals surface area (Å²) in [6.45, 7) is 0.241. The maximum absolute atomic E-state index is 12.2. The second-order valence-corrected chi connectivity index (χ2v) is 5.46. The average Bonchev–Trinajstić information content (AvgIpc) is 3.14. The highest BCUT2D eigenvalue weighted by Crippen LogP contribution is 2.22. The molecule has 6 nitrogen and oxygen atoms in total. The molecule has 0 atom stereocenters. The van der Waals surface area contributed by atoms with Crippen LogP contribution in [0.1, 0.15) is 5.69 Å². The van der Waals surface area contributed by atoms with Crippen LogP contribution in [-0.4, -0.2) is 19.2 Å². The molecule has 3 heterocycles. The van der Waals surface area contributed by atoms with Crippen molar-refractivity contribution in [2.45, 2.75) is 6.54 Å². The molecule has 0 amide bonds. The average molecular weight is 327 g/mol. The lowest BCUT2D eigenvalue weighted by Crippen LogP contribution is -2.21. The van der Waals surface area contributed by atoms with Crippen molar-refractivity contribution in [3.05, 3.63) is 76.1 Å². The monoisotopic (exact) mass is 326 g/mol. The van der Waals surface area contributed by atoms with E-state index in [0.29, 0.717) is 22.3 Å². The normalized spacial score (nSPS) is 11.2. The number of hydrogen-bond donors (Lipinski definition) is 0. The van der Waals surface area contributed by atoms with Gasteiger partial charge in [0.05, 0.1) is 6.54 Å². The summed E-state index contributed by atoms with van der Waals surface area (Å²) in [7, 11) is 0. The molecule has 0 saturated heterocycles. The van der Waals surface area contributed by atoms with Gasteiger partial charge in [-0.2, -0.15) is 0 Å². The zero-order chi connectivity index (χ0) is 15.8. The topological polar surface area (TPSA) is 65.3 Å². The second-order valence-electron chi connectivity index (χ2n) is 5.02. The van der Waals surface area contributed by atoms with Crippen LogP contribution in [0.2, 0.25) is 5.02 Å². The van der Waals surface area contributed by atoms with Gasteiger partial charge in [0.25, 0.3) is 0 Å². The molecule has 7 heteroatoms. The van der Waals surface area contributed by atoms with Gasteiger partial charge in [-0.25, -0.2) is 14.5 Å². The predicted molar refractivity (Wildman–Crippen MR) is 85.5 cm³/mol. The van der Waals surface area contributed by atoms with Gasteiger partial charge in [-0.15, -0.1) is 5.10 Å².